The lowest BCUT2D eigenvalue weighted by molar-refractivity contribution is -0.129. The predicted octanol–water partition coefficient (Wildman–Crippen LogP) is 2.36. The van der Waals surface area contributed by atoms with E-state index in [1.807, 2.05) is 4.90 Å². The molecule has 1 aliphatic heterocycles. The smallest absolute Gasteiger partial charge is 0.239 e. The molecule has 5 nitrogen and oxygen atoms in total. The van der Waals surface area contributed by atoms with Crippen molar-refractivity contribution >= 4 is 11.8 Å². The van der Waals surface area contributed by atoms with Gasteiger partial charge in [0.1, 0.15) is 5.82 Å². The van der Waals surface area contributed by atoms with Crippen LogP contribution in [-0.2, 0) is 16.1 Å². The average molecular weight is 361 g/mol. The average Bonchev–Trinajstić information content (AvgIpc) is 3.11. The Morgan fingerprint density at radius 2 is 1.85 bits per heavy atom. The molecule has 0 spiro atoms. The van der Waals surface area contributed by atoms with Crippen molar-refractivity contribution in [3.8, 4) is 0 Å². The Balaban J connectivity index is 1.47. The van der Waals surface area contributed by atoms with E-state index >= 15 is 0 Å². The maximum Gasteiger partial charge on any atom is 0.239 e. The van der Waals surface area contributed by atoms with Crippen LogP contribution in [0.25, 0.3) is 0 Å². The molecule has 1 unspecified atom stereocenters. The maximum atomic E-state index is 13.9. The third-order valence-electron chi connectivity index (χ3n) is 5.39. The number of amides is 2. The number of halogens is 1. The van der Waals surface area contributed by atoms with Gasteiger partial charge in [0.05, 0.1) is 12.6 Å². The fourth-order valence-electron chi connectivity index (χ4n) is 3.97. The second kappa shape index (κ2) is 9.12. The highest BCUT2D eigenvalue weighted by molar-refractivity contribution is 5.87. The molecule has 2 aliphatic rings. The van der Waals surface area contributed by atoms with Crippen LogP contribution in [0.5, 0.6) is 0 Å². The molecule has 26 heavy (non-hydrogen) atoms. The van der Waals surface area contributed by atoms with E-state index in [1.165, 1.54) is 12.5 Å². The van der Waals surface area contributed by atoms with Crippen LogP contribution in [0.4, 0.5) is 4.39 Å². The maximum absolute atomic E-state index is 13.9. The Hall–Kier alpha value is -1.95. The number of likely N-dealkylation sites (tertiary alicyclic amines) is 1. The van der Waals surface area contributed by atoms with Gasteiger partial charge in [0.25, 0.3) is 0 Å². The monoisotopic (exact) mass is 361 g/mol. The van der Waals surface area contributed by atoms with E-state index in [9.17, 15) is 14.0 Å². The molecule has 0 radical (unpaired) electrons. The summed E-state index contributed by atoms with van der Waals surface area (Å²) in [5, 5.41) is 5.76. The van der Waals surface area contributed by atoms with E-state index in [0.29, 0.717) is 12.1 Å². The lowest BCUT2D eigenvalue weighted by Crippen LogP contribution is -2.47. The van der Waals surface area contributed by atoms with Gasteiger partial charge in [0.15, 0.2) is 0 Å². The lowest BCUT2D eigenvalue weighted by atomic mass is 9.95. The summed E-state index contributed by atoms with van der Waals surface area (Å²) in [5.74, 6) is -0.507. The first-order valence-corrected chi connectivity index (χ1v) is 9.68. The fraction of sp³-hybridized carbons (Fsp3) is 0.600. The van der Waals surface area contributed by atoms with Gasteiger partial charge < -0.3 is 10.6 Å². The summed E-state index contributed by atoms with van der Waals surface area (Å²) in [4.78, 5) is 26.6. The minimum atomic E-state index is -0.294. The molecule has 1 saturated carbocycles. The number of benzene rings is 1. The topological polar surface area (TPSA) is 61.4 Å². The molecule has 2 amide bonds. The summed E-state index contributed by atoms with van der Waals surface area (Å²) in [7, 11) is 0. The number of nitrogens with one attached hydrogen (secondary N) is 2. The van der Waals surface area contributed by atoms with Gasteiger partial charge in [-0.25, -0.2) is 4.39 Å². The second-order valence-electron chi connectivity index (χ2n) is 7.34. The van der Waals surface area contributed by atoms with Crippen LogP contribution in [-0.4, -0.2) is 41.9 Å². The first-order valence-electron chi connectivity index (χ1n) is 9.68. The summed E-state index contributed by atoms with van der Waals surface area (Å²) < 4.78 is 13.9. The normalized spacial score (nSPS) is 21.5. The van der Waals surface area contributed by atoms with Crippen LogP contribution in [0.3, 0.4) is 0 Å². The molecule has 142 valence electrons. The van der Waals surface area contributed by atoms with Gasteiger partial charge in [0.2, 0.25) is 11.8 Å². The summed E-state index contributed by atoms with van der Waals surface area (Å²) in [6, 6.07) is 6.61. The molecule has 1 saturated heterocycles. The van der Waals surface area contributed by atoms with Crippen molar-refractivity contribution in [2.24, 2.45) is 0 Å². The molecule has 2 fully saturated rings. The standard InChI is InChI=1S/C20H28FN3O2/c21-17-10-5-4-7-15(17)14-24-12-6-11-18(24)20(26)22-13-19(25)23-16-8-2-1-3-9-16/h4-5,7,10,16,18H,1-3,6,8-9,11-14H2,(H,22,26)(H,23,25). The minimum Gasteiger partial charge on any atom is -0.352 e. The molecule has 1 aromatic carbocycles. The summed E-state index contributed by atoms with van der Waals surface area (Å²) in [6.07, 6.45) is 7.25. The zero-order valence-electron chi connectivity index (χ0n) is 15.2. The van der Waals surface area contributed by atoms with Crippen molar-refractivity contribution in [1.82, 2.24) is 15.5 Å². The zero-order chi connectivity index (χ0) is 18.4. The van der Waals surface area contributed by atoms with Crippen LogP contribution >= 0.6 is 0 Å². The Morgan fingerprint density at radius 3 is 2.62 bits per heavy atom. The molecule has 0 bridgehead atoms. The highest BCUT2D eigenvalue weighted by Gasteiger charge is 2.31. The van der Waals surface area contributed by atoms with Gasteiger partial charge in [-0.1, -0.05) is 37.5 Å². The highest BCUT2D eigenvalue weighted by Crippen LogP contribution is 2.21. The van der Waals surface area contributed by atoms with Gasteiger partial charge in [-0.2, -0.15) is 0 Å². The summed E-state index contributed by atoms with van der Waals surface area (Å²) in [5.41, 5.74) is 0.599. The van der Waals surface area contributed by atoms with E-state index in [2.05, 4.69) is 10.6 Å². The first kappa shape index (κ1) is 18.8. The lowest BCUT2D eigenvalue weighted by Gasteiger charge is -2.25. The Morgan fingerprint density at radius 1 is 1.08 bits per heavy atom. The van der Waals surface area contributed by atoms with E-state index in [-0.39, 0.29) is 36.3 Å². The number of rotatable bonds is 6. The third kappa shape index (κ3) is 5.04. The van der Waals surface area contributed by atoms with Gasteiger partial charge >= 0.3 is 0 Å². The van der Waals surface area contributed by atoms with Gasteiger partial charge in [0, 0.05) is 18.2 Å². The van der Waals surface area contributed by atoms with Crippen LogP contribution < -0.4 is 10.6 Å². The van der Waals surface area contributed by atoms with Gasteiger partial charge in [-0.05, 0) is 38.3 Å². The van der Waals surface area contributed by atoms with Crippen LogP contribution in [0.15, 0.2) is 24.3 Å². The summed E-state index contributed by atoms with van der Waals surface area (Å²) in [6.45, 7) is 1.19. The van der Waals surface area contributed by atoms with E-state index in [1.54, 1.807) is 18.2 Å². The Bertz CT molecular complexity index is 631. The van der Waals surface area contributed by atoms with Crippen molar-refractivity contribution in [3.63, 3.8) is 0 Å². The predicted molar refractivity (Wildman–Crippen MR) is 97.9 cm³/mol. The minimum absolute atomic E-state index is 0.0133. The molecule has 1 atom stereocenters. The first-order chi connectivity index (χ1) is 12.6. The van der Waals surface area contributed by atoms with E-state index in [4.69, 9.17) is 0 Å². The molecule has 3 rings (SSSR count). The molecule has 1 aromatic rings. The molecule has 6 heteroatoms. The van der Waals surface area contributed by atoms with Crippen LogP contribution in [0.2, 0.25) is 0 Å². The Kier molecular flexibility index (Phi) is 6.61. The zero-order valence-corrected chi connectivity index (χ0v) is 15.2. The molecule has 2 N–H and O–H groups in total. The van der Waals surface area contributed by atoms with Gasteiger partial charge in [-0.3, -0.25) is 14.5 Å². The highest BCUT2D eigenvalue weighted by atomic mass is 19.1. The fourth-order valence-corrected chi connectivity index (χ4v) is 3.97. The van der Waals surface area contributed by atoms with E-state index < -0.39 is 0 Å². The Labute approximate surface area is 154 Å². The van der Waals surface area contributed by atoms with Crippen molar-refractivity contribution < 1.29 is 14.0 Å². The number of nitrogens with zero attached hydrogens (tertiary/aromatic N) is 1. The number of hydrogen-bond donors (Lipinski definition) is 2. The molecular weight excluding hydrogens is 333 g/mol. The quantitative estimate of drug-likeness (QED) is 0.818. The molecule has 1 heterocycles. The molecule has 0 aromatic heterocycles. The number of hydrogen-bond acceptors (Lipinski definition) is 3. The SMILES string of the molecule is O=C(CNC(=O)C1CCCN1Cc1ccccc1F)NC1CCCCC1. The van der Waals surface area contributed by atoms with E-state index in [0.717, 1.165) is 45.1 Å². The van der Waals surface area contributed by atoms with Crippen molar-refractivity contribution in [2.45, 2.75) is 63.6 Å². The third-order valence-corrected chi connectivity index (χ3v) is 5.39. The van der Waals surface area contributed by atoms with Crippen LogP contribution in [0, 0.1) is 5.82 Å². The summed E-state index contributed by atoms with van der Waals surface area (Å²) >= 11 is 0. The van der Waals surface area contributed by atoms with Crippen molar-refractivity contribution in [1.29, 1.82) is 0 Å². The van der Waals surface area contributed by atoms with Crippen molar-refractivity contribution in [3.05, 3.63) is 35.6 Å². The number of carbonyl (C=O) groups excluding carboxylic acids is 2. The second-order valence-corrected chi connectivity index (χ2v) is 7.34. The number of carbonyl (C=O) groups is 2. The molecule has 1 aliphatic carbocycles. The van der Waals surface area contributed by atoms with Gasteiger partial charge in [-0.15, -0.1) is 0 Å². The van der Waals surface area contributed by atoms with Crippen molar-refractivity contribution in [2.75, 3.05) is 13.1 Å². The van der Waals surface area contributed by atoms with Crippen LogP contribution in [0.1, 0.15) is 50.5 Å². The largest absolute Gasteiger partial charge is 0.352 e. The molecular formula is C20H28FN3O2.